The molecule has 3 saturated heterocycles. The highest BCUT2D eigenvalue weighted by Gasteiger charge is 2.49. The number of hydrogen-bond acceptors (Lipinski definition) is 9. The molecular weight excluding hydrogens is 434 g/mol. The fourth-order valence-corrected chi connectivity index (χ4v) is 5.53. The summed E-state index contributed by atoms with van der Waals surface area (Å²) >= 11 is 7.57. The van der Waals surface area contributed by atoms with Crippen molar-refractivity contribution in [3.63, 3.8) is 0 Å². The van der Waals surface area contributed by atoms with E-state index in [4.69, 9.17) is 21.1 Å². The molecule has 9 nitrogen and oxygen atoms in total. The first-order valence-electron chi connectivity index (χ1n) is 10.5. The molecule has 11 unspecified atom stereocenters. The van der Waals surface area contributed by atoms with Gasteiger partial charge in [0.1, 0.15) is 35.9 Å². The quantitative estimate of drug-likeness (QED) is 0.262. The molecule has 1 amide bonds. The van der Waals surface area contributed by atoms with Crippen molar-refractivity contribution in [1.29, 1.82) is 0 Å². The van der Waals surface area contributed by atoms with Gasteiger partial charge >= 0.3 is 0 Å². The number of nitrogens with one attached hydrogen (secondary N) is 3. The molecule has 3 aliphatic rings. The first-order chi connectivity index (χ1) is 14.3. The van der Waals surface area contributed by atoms with Crippen molar-refractivity contribution in [1.82, 2.24) is 16.0 Å². The molecule has 0 spiro atoms. The van der Waals surface area contributed by atoms with Crippen LogP contribution in [0.15, 0.2) is 0 Å². The lowest BCUT2D eigenvalue weighted by Crippen LogP contribution is -2.65. The van der Waals surface area contributed by atoms with Crippen molar-refractivity contribution in [2.24, 2.45) is 5.92 Å². The topological polar surface area (TPSA) is 132 Å². The van der Waals surface area contributed by atoms with Crippen LogP contribution in [0.4, 0.5) is 0 Å². The molecule has 0 aliphatic carbocycles. The van der Waals surface area contributed by atoms with Crippen molar-refractivity contribution >= 4 is 29.3 Å². The molecule has 30 heavy (non-hydrogen) atoms. The van der Waals surface area contributed by atoms with Crippen molar-refractivity contribution in [2.45, 2.75) is 79.2 Å². The maximum atomic E-state index is 13.1. The van der Waals surface area contributed by atoms with Gasteiger partial charge in [-0.2, -0.15) is 0 Å². The van der Waals surface area contributed by atoms with Gasteiger partial charge in [-0.25, -0.2) is 0 Å². The standard InChI is InChI=1S/C19H34ClN3O6S/c1-8(20)11(17-14(25)13(24)15(26)19(29-17)30-3)23-18(27)12-16-9(7-22-12)6-10(21-2)4-5-28-16/h8-17,19,21-22,24-26H,4-7H2,1-3H3,(H,23,27). The van der Waals surface area contributed by atoms with Crippen LogP contribution in [0.5, 0.6) is 0 Å². The number of fused-ring (bicyclic) bond motifs is 1. The number of carbonyl (C=O) groups excluding carboxylic acids is 1. The Hall–Kier alpha value is -0.170. The van der Waals surface area contributed by atoms with Gasteiger partial charge in [-0.3, -0.25) is 4.79 Å². The number of rotatable bonds is 6. The van der Waals surface area contributed by atoms with Gasteiger partial charge in [0.15, 0.2) is 0 Å². The minimum Gasteiger partial charge on any atom is -0.388 e. The zero-order valence-electron chi connectivity index (χ0n) is 17.5. The Morgan fingerprint density at radius 1 is 1.27 bits per heavy atom. The highest BCUT2D eigenvalue weighted by molar-refractivity contribution is 7.99. The summed E-state index contributed by atoms with van der Waals surface area (Å²) in [7, 11) is 1.94. The number of aliphatic hydroxyl groups is 3. The molecule has 3 rings (SSSR count). The summed E-state index contributed by atoms with van der Waals surface area (Å²) in [6.45, 7) is 2.96. The molecular formula is C19H34ClN3O6S. The average Bonchev–Trinajstić information content (AvgIpc) is 3.00. The first kappa shape index (κ1) is 24.5. The first-order valence-corrected chi connectivity index (χ1v) is 12.2. The molecule has 11 atom stereocenters. The van der Waals surface area contributed by atoms with E-state index in [1.54, 1.807) is 13.2 Å². The van der Waals surface area contributed by atoms with E-state index >= 15 is 0 Å². The highest BCUT2D eigenvalue weighted by atomic mass is 35.5. The molecule has 11 heteroatoms. The third-order valence-corrected chi connectivity index (χ3v) is 7.57. The SMILES string of the molecule is CNC1CCOC2C(CNC2C(=O)NC(C(C)Cl)C2OC(SC)C(O)C(O)C2O)C1. The second-order valence-electron chi connectivity index (χ2n) is 8.38. The largest absolute Gasteiger partial charge is 0.388 e. The van der Waals surface area contributed by atoms with Crippen LogP contribution in [0.1, 0.15) is 19.8 Å². The predicted molar refractivity (Wildman–Crippen MR) is 115 cm³/mol. The number of alkyl halides is 1. The Kier molecular flexibility index (Phi) is 8.67. The smallest absolute Gasteiger partial charge is 0.240 e. The van der Waals surface area contributed by atoms with E-state index in [2.05, 4.69) is 16.0 Å². The lowest BCUT2D eigenvalue weighted by Gasteiger charge is -2.44. The van der Waals surface area contributed by atoms with E-state index in [1.165, 1.54) is 11.8 Å². The molecule has 0 aromatic rings. The summed E-state index contributed by atoms with van der Waals surface area (Å²) in [6.07, 6.45) is -1.65. The van der Waals surface area contributed by atoms with Gasteiger partial charge in [-0.05, 0) is 33.1 Å². The van der Waals surface area contributed by atoms with Crippen LogP contribution < -0.4 is 16.0 Å². The van der Waals surface area contributed by atoms with Crippen molar-refractivity contribution < 1.29 is 29.6 Å². The van der Waals surface area contributed by atoms with Crippen LogP contribution in [0.3, 0.4) is 0 Å². The molecule has 3 fully saturated rings. The Morgan fingerprint density at radius 3 is 2.63 bits per heavy atom. The Labute approximate surface area is 186 Å². The van der Waals surface area contributed by atoms with Crippen LogP contribution in [0, 0.1) is 5.92 Å². The summed E-state index contributed by atoms with van der Waals surface area (Å²) in [5.74, 6) is -0.0537. The monoisotopic (exact) mass is 467 g/mol. The Balaban J connectivity index is 1.70. The Morgan fingerprint density at radius 2 is 2.00 bits per heavy atom. The molecule has 6 N–H and O–H groups in total. The van der Waals surface area contributed by atoms with Gasteiger partial charge in [0.05, 0.1) is 17.5 Å². The lowest BCUT2D eigenvalue weighted by molar-refractivity contribution is -0.205. The second-order valence-corrected chi connectivity index (χ2v) is 10.0. The number of halogens is 1. The zero-order valence-corrected chi connectivity index (χ0v) is 19.1. The second kappa shape index (κ2) is 10.6. The van der Waals surface area contributed by atoms with Gasteiger partial charge in [-0.15, -0.1) is 23.4 Å². The summed E-state index contributed by atoms with van der Waals surface area (Å²) in [4.78, 5) is 13.1. The lowest BCUT2D eigenvalue weighted by atomic mass is 9.92. The predicted octanol–water partition coefficient (Wildman–Crippen LogP) is -1.38. The van der Waals surface area contributed by atoms with Gasteiger partial charge < -0.3 is 40.7 Å². The van der Waals surface area contributed by atoms with Crippen LogP contribution in [0.2, 0.25) is 0 Å². The molecule has 0 radical (unpaired) electrons. The minimum atomic E-state index is -1.39. The van der Waals surface area contributed by atoms with Crippen LogP contribution in [-0.2, 0) is 14.3 Å². The molecule has 0 saturated carbocycles. The van der Waals surface area contributed by atoms with Crippen LogP contribution in [-0.4, -0.2) is 107 Å². The summed E-state index contributed by atoms with van der Waals surface area (Å²) in [5.41, 5.74) is -0.735. The maximum absolute atomic E-state index is 13.1. The fraction of sp³-hybridized carbons (Fsp3) is 0.947. The van der Waals surface area contributed by atoms with Gasteiger partial charge in [0, 0.05) is 25.1 Å². The molecule has 0 bridgehead atoms. The van der Waals surface area contributed by atoms with E-state index in [1.807, 2.05) is 7.05 Å². The van der Waals surface area contributed by atoms with E-state index in [0.717, 1.165) is 12.8 Å². The van der Waals surface area contributed by atoms with Gasteiger partial charge in [0.25, 0.3) is 0 Å². The van der Waals surface area contributed by atoms with E-state index in [-0.39, 0.29) is 17.9 Å². The molecule has 3 heterocycles. The average molecular weight is 468 g/mol. The number of carbonyl (C=O) groups is 1. The minimum absolute atomic E-state index is 0.224. The van der Waals surface area contributed by atoms with Gasteiger partial charge in [-0.1, -0.05) is 0 Å². The third-order valence-electron chi connectivity index (χ3n) is 6.44. The fourth-order valence-electron chi connectivity index (χ4n) is 4.64. The molecule has 0 aromatic carbocycles. The van der Waals surface area contributed by atoms with E-state index in [9.17, 15) is 20.1 Å². The van der Waals surface area contributed by atoms with E-state index in [0.29, 0.717) is 19.2 Å². The van der Waals surface area contributed by atoms with Crippen molar-refractivity contribution in [2.75, 3.05) is 26.5 Å². The molecule has 3 aliphatic heterocycles. The van der Waals surface area contributed by atoms with Gasteiger partial charge in [0.2, 0.25) is 5.91 Å². The normalized spacial score (nSPS) is 44.0. The zero-order chi connectivity index (χ0) is 22.0. The van der Waals surface area contributed by atoms with Crippen molar-refractivity contribution in [3.05, 3.63) is 0 Å². The van der Waals surface area contributed by atoms with E-state index < -0.39 is 47.3 Å². The third kappa shape index (κ3) is 5.07. The number of thioether (sulfide) groups is 1. The highest BCUT2D eigenvalue weighted by Crippen LogP contribution is 2.31. The van der Waals surface area contributed by atoms with Crippen LogP contribution in [0.25, 0.3) is 0 Å². The summed E-state index contributed by atoms with van der Waals surface area (Å²) < 4.78 is 11.8. The van der Waals surface area contributed by atoms with Crippen LogP contribution >= 0.6 is 23.4 Å². The Bertz CT molecular complexity index is 588. The van der Waals surface area contributed by atoms with Crippen molar-refractivity contribution in [3.8, 4) is 0 Å². The summed E-state index contributed by atoms with van der Waals surface area (Å²) in [6, 6.07) is -0.930. The number of ether oxygens (including phenoxy) is 2. The number of hydrogen-bond donors (Lipinski definition) is 6. The number of aliphatic hydroxyl groups excluding tert-OH is 3. The maximum Gasteiger partial charge on any atom is 0.240 e. The number of amides is 1. The molecule has 0 aromatic heterocycles. The summed E-state index contributed by atoms with van der Waals surface area (Å²) in [5, 5.41) is 39.7. The molecule has 174 valence electrons.